The Balaban J connectivity index is 1.75. The van der Waals surface area contributed by atoms with Crippen LogP contribution in [-0.2, 0) is 24.3 Å². The van der Waals surface area contributed by atoms with E-state index in [1.165, 1.54) is 0 Å². The Morgan fingerprint density at radius 1 is 0.957 bits per heavy atom. The molecule has 116 valence electrons. The van der Waals surface area contributed by atoms with Gasteiger partial charge in [-0.3, -0.25) is 9.78 Å². The smallest absolute Gasteiger partial charge is 0.227 e. The van der Waals surface area contributed by atoms with Gasteiger partial charge in [0.05, 0.1) is 31.5 Å². The molecule has 0 radical (unpaired) electrons. The lowest BCUT2D eigenvalue weighted by molar-refractivity contribution is -0.132. The van der Waals surface area contributed by atoms with Crippen molar-refractivity contribution in [3.8, 4) is 0 Å². The normalized spacial score (nSPS) is 10.4. The number of amides is 1. The van der Waals surface area contributed by atoms with Gasteiger partial charge in [-0.2, -0.15) is 0 Å². The minimum absolute atomic E-state index is 0.0539. The lowest BCUT2D eigenvalue weighted by Gasteiger charge is -2.21. The van der Waals surface area contributed by atoms with Crippen molar-refractivity contribution in [1.82, 2.24) is 9.88 Å². The molecule has 0 fully saturated rings. The van der Waals surface area contributed by atoms with Gasteiger partial charge in [0.15, 0.2) is 0 Å². The number of nitrogens with zero attached hydrogens (tertiary/aromatic N) is 2. The van der Waals surface area contributed by atoms with Crippen LogP contribution in [0, 0.1) is 0 Å². The molecule has 2 heterocycles. The molecule has 1 aromatic carbocycles. The summed E-state index contributed by atoms with van der Waals surface area (Å²) < 4.78 is 5.39. The Hall–Kier alpha value is -2.88. The van der Waals surface area contributed by atoms with Crippen LogP contribution in [0.4, 0.5) is 0 Å². The monoisotopic (exact) mass is 306 g/mol. The van der Waals surface area contributed by atoms with Crippen molar-refractivity contribution in [2.75, 3.05) is 0 Å². The number of hydrogen-bond acceptors (Lipinski definition) is 3. The van der Waals surface area contributed by atoms with E-state index in [-0.39, 0.29) is 5.91 Å². The van der Waals surface area contributed by atoms with Gasteiger partial charge in [-0.15, -0.1) is 0 Å². The average molecular weight is 306 g/mol. The van der Waals surface area contributed by atoms with Crippen LogP contribution in [0.5, 0.6) is 0 Å². The molecule has 0 aliphatic rings. The van der Waals surface area contributed by atoms with E-state index in [0.29, 0.717) is 19.5 Å². The van der Waals surface area contributed by atoms with E-state index < -0.39 is 0 Å². The van der Waals surface area contributed by atoms with Crippen LogP contribution in [-0.4, -0.2) is 15.8 Å². The molecule has 1 amide bonds. The van der Waals surface area contributed by atoms with Gasteiger partial charge < -0.3 is 9.32 Å². The molecule has 2 aromatic heterocycles. The van der Waals surface area contributed by atoms with E-state index in [4.69, 9.17) is 4.42 Å². The molecule has 23 heavy (non-hydrogen) atoms. The molecule has 0 spiro atoms. The fraction of sp³-hybridized carbons (Fsp3) is 0.158. The largest absolute Gasteiger partial charge is 0.467 e. The van der Waals surface area contributed by atoms with Crippen LogP contribution >= 0.6 is 0 Å². The number of furan rings is 1. The summed E-state index contributed by atoms with van der Waals surface area (Å²) >= 11 is 0. The highest BCUT2D eigenvalue weighted by Gasteiger charge is 2.16. The minimum Gasteiger partial charge on any atom is -0.467 e. The summed E-state index contributed by atoms with van der Waals surface area (Å²) in [6, 6.07) is 19.2. The Kier molecular flexibility index (Phi) is 4.84. The summed E-state index contributed by atoms with van der Waals surface area (Å²) in [5, 5.41) is 0. The van der Waals surface area contributed by atoms with Crippen LogP contribution < -0.4 is 0 Å². The second-order valence-corrected chi connectivity index (χ2v) is 5.31. The molecule has 0 saturated heterocycles. The molecule has 0 aliphatic carbocycles. The second kappa shape index (κ2) is 7.40. The van der Waals surface area contributed by atoms with E-state index in [1.807, 2.05) is 60.7 Å². The van der Waals surface area contributed by atoms with Gasteiger partial charge in [0.2, 0.25) is 5.91 Å². The number of carbonyl (C=O) groups excluding carboxylic acids is 1. The zero-order chi connectivity index (χ0) is 15.9. The SMILES string of the molecule is O=C(Cc1ccccc1)N(Cc1ccccn1)Cc1ccco1. The topological polar surface area (TPSA) is 46.3 Å². The summed E-state index contributed by atoms with van der Waals surface area (Å²) in [6.45, 7) is 0.905. The van der Waals surface area contributed by atoms with Gasteiger partial charge in [-0.05, 0) is 29.8 Å². The molecule has 3 aromatic rings. The van der Waals surface area contributed by atoms with E-state index in [9.17, 15) is 4.79 Å². The minimum atomic E-state index is 0.0539. The van der Waals surface area contributed by atoms with Crippen molar-refractivity contribution >= 4 is 5.91 Å². The van der Waals surface area contributed by atoms with Gasteiger partial charge in [-0.1, -0.05) is 36.4 Å². The molecule has 4 nitrogen and oxygen atoms in total. The first kappa shape index (κ1) is 15.0. The molecular weight excluding hydrogens is 288 g/mol. The van der Waals surface area contributed by atoms with Crippen LogP contribution in [0.25, 0.3) is 0 Å². The molecule has 0 bridgehead atoms. The van der Waals surface area contributed by atoms with Crippen molar-refractivity contribution in [2.45, 2.75) is 19.5 Å². The molecule has 4 heteroatoms. The fourth-order valence-electron chi connectivity index (χ4n) is 2.39. The molecule has 0 aliphatic heterocycles. The van der Waals surface area contributed by atoms with Crippen molar-refractivity contribution < 1.29 is 9.21 Å². The van der Waals surface area contributed by atoms with Crippen LogP contribution in [0.15, 0.2) is 77.5 Å². The van der Waals surface area contributed by atoms with Gasteiger partial charge >= 0.3 is 0 Å². The maximum absolute atomic E-state index is 12.7. The number of hydrogen-bond donors (Lipinski definition) is 0. The Morgan fingerprint density at radius 3 is 2.48 bits per heavy atom. The van der Waals surface area contributed by atoms with Gasteiger partial charge in [0.1, 0.15) is 5.76 Å². The third-order valence-corrected chi connectivity index (χ3v) is 3.56. The van der Waals surface area contributed by atoms with E-state index >= 15 is 0 Å². The van der Waals surface area contributed by atoms with Crippen LogP contribution in [0.2, 0.25) is 0 Å². The van der Waals surface area contributed by atoms with Crippen molar-refractivity contribution in [2.24, 2.45) is 0 Å². The lowest BCUT2D eigenvalue weighted by Crippen LogP contribution is -2.31. The standard InChI is InChI=1S/C19H18N2O2/c22-19(13-16-7-2-1-3-8-16)21(15-18-10-6-12-23-18)14-17-9-4-5-11-20-17/h1-12H,13-15H2. The third kappa shape index (κ3) is 4.30. The molecule has 0 unspecified atom stereocenters. The molecule has 0 atom stereocenters. The Morgan fingerprint density at radius 2 is 1.78 bits per heavy atom. The van der Waals surface area contributed by atoms with Crippen LogP contribution in [0.1, 0.15) is 17.0 Å². The molecule has 0 N–H and O–H groups in total. The van der Waals surface area contributed by atoms with Gasteiger partial charge in [0.25, 0.3) is 0 Å². The third-order valence-electron chi connectivity index (χ3n) is 3.56. The van der Waals surface area contributed by atoms with Gasteiger partial charge in [0, 0.05) is 6.20 Å². The van der Waals surface area contributed by atoms with Crippen molar-refractivity contribution in [1.29, 1.82) is 0 Å². The van der Waals surface area contributed by atoms with Crippen LogP contribution in [0.3, 0.4) is 0 Å². The average Bonchev–Trinajstić information content (AvgIpc) is 3.09. The fourth-order valence-corrected chi connectivity index (χ4v) is 2.39. The maximum Gasteiger partial charge on any atom is 0.227 e. The number of pyridine rings is 1. The summed E-state index contributed by atoms with van der Waals surface area (Å²) in [4.78, 5) is 18.8. The quantitative estimate of drug-likeness (QED) is 0.701. The van der Waals surface area contributed by atoms with E-state index in [1.54, 1.807) is 17.4 Å². The number of rotatable bonds is 6. The molecule has 3 rings (SSSR count). The summed E-state index contributed by atoms with van der Waals surface area (Å²) in [5.41, 5.74) is 1.86. The van der Waals surface area contributed by atoms with Crippen molar-refractivity contribution in [3.05, 3.63) is 90.1 Å². The highest BCUT2D eigenvalue weighted by Crippen LogP contribution is 2.12. The number of benzene rings is 1. The van der Waals surface area contributed by atoms with E-state index in [0.717, 1.165) is 17.0 Å². The summed E-state index contributed by atoms with van der Waals surface area (Å²) in [5.74, 6) is 0.820. The predicted octanol–water partition coefficient (Wildman–Crippen LogP) is 3.45. The second-order valence-electron chi connectivity index (χ2n) is 5.31. The highest BCUT2D eigenvalue weighted by molar-refractivity contribution is 5.78. The number of carbonyl (C=O) groups is 1. The maximum atomic E-state index is 12.7. The lowest BCUT2D eigenvalue weighted by atomic mass is 10.1. The zero-order valence-electron chi connectivity index (χ0n) is 12.8. The number of aromatic nitrogens is 1. The summed E-state index contributed by atoms with van der Waals surface area (Å²) in [7, 11) is 0. The van der Waals surface area contributed by atoms with E-state index in [2.05, 4.69) is 4.98 Å². The predicted molar refractivity (Wildman–Crippen MR) is 87.3 cm³/mol. The first-order valence-corrected chi connectivity index (χ1v) is 7.55. The van der Waals surface area contributed by atoms with Gasteiger partial charge in [-0.25, -0.2) is 0 Å². The Labute approximate surface area is 135 Å². The Bertz CT molecular complexity index is 725. The molecular formula is C19H18N2O2. The van der Waals surface area contributed by atoms with Crippen molar-refractivity contribution in [3.63, 3.8) is 0 Å². The zero-order valence-corrected chi connectivity index (χ0v) is 12.8. The first-order chi connectivity index (χ1) is 11.3. The molecule has 0 saturated carbocycles. The first-order valence-electron chi connectivity index (χ1n) is 7.55. The highest BCUT2D eigenvalue weighted by atomic mass is 16.3. The summed E-state index contributed by atoms with van der Waals surface area (Å²) in [6.07, 6.45) is 3.73.